The van der Waals surface area contributed by atoms with E-state index in [1.165, 1.54) is 25.7 Å². The summed E-state index contributed by atoms with van der Waals surface area (Å²) < 4.78 is 16.0. The van der Waals surface area contributed by atoms with Crippen molar-refractivity contribution in [1.82, 2.24) is 0 Å². The summed E-state index contributed by atoms with van der Waals surface area (Å²) in [6, 6.07) is 0. The SMILES string of the molecule is C=CC(=O)OCC(C)(C)COC(=O)CCCCCCCCCCOC(C)(C)C. The Kier molecular flexibility index (Phi) is 13.9. The van der Waals surface area contributed by atoms with Gasteiger partial charge in [0.25, 0.3) is 0 Å². The molecule has 0 fully saturated rings. The summed E-state index contributed by atoms with van der Waals surface area (Å²) in [4.78, 5) is 22.9. The van der Waals surface area contributed by atoms with Gasteiger partial charge in [-0.2, -0.15) is 0 Å². The van der Waals surface area contributed by atoms with Crippen molar-refractivity contribution in [2.75, 3.05) is 19.8 Å². The van der Waals surface area contributed by atoms with E-state index in [2.05, 4.69) is 27.4 Å². The Labute approximate surface area is 172 Å². The largest absolute Gasteiger partial charge is 0.465 e. The van der Waals surface area contributed by atoms with E-state index in [0.29, 0.717) is 6.42 Å². The van der Waals surface area contributed by atoms with Crippen molar-refractivity contribution >= 4 is 11.9 Å². The molecule has 0 rings (SSSR count). The minimum absolute atomic E-state index is 0.0325. The van der Waals surface area contributed by atoms with Crippen molar-refractivity contribution < 1.29 is 23.8 Å². The highest BCUT2D eigenvalue weighted by Crippen LogP contribution is 2.17. The molecule has 0 spiro atoms. The molecule has 0 radical (unpaired) electrons. The lowest BCUT2D eigenvalue weighted by molar-refractivity contribution is -0.150. The molecule has 0 amide bonds. The summed E-state index contributed by atoms with van der Waals surface area (Å²) in [6.07, 6.45) is 10.7. The number of carbonyl (C=O) groups excluding carboxylic acids is 2. The zero-order valence-corrected chi connectivity index (χ0v) is 18.8. The molecule has 0 N–H and O–H groups in total. The zero-order chi connectivity index (χ0) is 21.5. The van der Waals surface area contributed by atoms with Crippen LogP contribution < -0.4 is 0 Å². The van der Waals surface area contributed by atoms with E-state index in [1.54, 1.807) is 0 Å². The maximum atomic E-state index is 11.8. The van der Waals surface area contributed by atoms with E-state index in [9.17, 15) is 9.59 Å². The van der Waals surface area contributed by atoms with E-state index < -0.39 is 11.4 Å². The van der Waals surface area contributed by atoms with Crippen LogP contribution in [-0.4, -0.2) is 37.4 Å². The lowest BCUT2D eigenvalue weighted by atomic mass is 9.96. The van der Waals surface area contributed by atoms with Crippen LogP contribution in [0, 0.1) is 5.41 Å². The van der Waals surface area contributed by atoms with Gasteiger partial charge in [-0.1, -0.05) is 59.0 Å². The van der Waals surface area contributed by atoms with E-state index >= 15 is 0 Å². The topological polar surface area (TPSA) is 61.8 Å². The lowest BCUT2D eigenvalue weighted by Crippen LogP contribution is -2.28. The quantitative estimate of drug-likeness (QED) is 0.192. The van der Waals surface area contributed by atoms with Crippen molar-refractivity contribution in [1.29, 1.82) is 0 Å². The summed E-state index contributed by atoms with van der Waals surface area (Å²) in [6.45, 7) is 14.7. The third kappa shape index (κ3) is 18.0. The average molecular weight is 399 g/mol. The molecule has 0 aromatic carbocycles. The standard InChI is InChI=1S/C23H42O5/c1-7-20(24)26-18-23(5,6)19-27-21(25)16-14-12-10-8-9-11-13-15-17-28-22(2,3)4/h7H,1,8-19H2,2-6H3. The van der Waals surface area contributed by atoms with Crippen LogP contribution in [0.15, 0.2) is 12.7 Å². The number of unbranched alkanes of at least 4 members (excludes halogenated alkanes) is 7. The summed E-state index contributed by atoms with van der Waals surface area (Å²) in [5.41, 5.74) is -0.429. The van der Waals surface area contributed by atoms with Crippen molar-refractivity contribution in [3.05, 3.63) is 12.7 Å². The van der Waals surface area contributed by atoms with Crippen molar-refractivity contribution in [3.8, 4) is 0 Å². The van der Waals surface area contributed by atoms with Crippen LogP contribution in [-0.2, 0) is 23.8 Å². The van der Waals surface area contributed by atoms with Crippen molar-refractivity contribution in [3.63, 3.8) is 0 Å². The Morgan fingerprint density at radius 1 is 0.786 bits per heavy atom. The second-order valence-corrected chi connectivity index (χ2v) is 9.18. The molecule has 5 nitrogen and oxygen atoms in total. The Hall–Kier alpha value is -1.36. The minimum Gasteiger partial charge on any atom is -0.465 e. The summed E-state index contributed by atoms with van der Waals surface area (Å²) in [5.74, 6) is -0.639. The first kappa shape index (κ1) is 26.6. The number of carbonyl (C=O) groups is 2. The highest BCUT2D eigenvalue weighted by molar-refractivity contribution is 5.81. The zero-order valence-electron chi connectivity index (χ0n) is 18.8. The van der Waals surface area contributed by atoms with Crippen LogP contribution in [0.3, 0.4) is 0 Å². The van der Waals surface area contributed by atoms with Gasteiger partial charge in [-0.25, -0.2) is 4.79 Å². The highest BCUT2D eigenvalue weighted by Gasteiger charge is 2.22. The van der Waals surface area contributed by atoms with Gasteiger partial charge in [0.05, 0.1) is 18.8 Å². The first-order valence-electron chi connectivity index (χ1n) is 10.6. The molecular formula is C23H42O5. The molecule has 0 aliphatic rings. The molecule has 0 atom stereocenters. The monoisotopic (exact) mass is 398 g/mol. The molecule has 0 saturated heterocycles. The van der Waals surface area contributed by atoms with Gasteiger partial charge < -0.3 is 14.2 Å². The molecule has 0 heterocycles. The van der Waals surface area contributed by atoms with E-state index in [0.717, 1.165) is 38.4 Å². The van der Waals surface area contributed by atoms with Gasteiger partial charge in [0.15, 0.2) is 0 Å². The Morgan fingerprint density at radius 2 is 1.29 bits per heavy atom. The lowest BCUT2D eigenvalue weighted by Gasteiger charge is -2.23. The number of esters is 2. The van der Waals surface area contributed by atoms with Crippen LogP contribution in [0.5, 0.6) is 0 Å². The number of rotatable bonds is 16. The summed E-state index contributed by atoms with van der Waals surface area (Å²) in [7, 11) is 0. The molecule has 0 bridgehead atoms. The first-order chi connectivity index (χ1) is 13.1. The molecule has 0 aliphatic carbocycles. The number of hydrogen-bond donors (Lipinski definition) is 0. The maximum absolute atomic E-state index is 11.8. The van der Waals surface area contributed by atoms with E-state index in [-0.39, 0.29) is 24.8 Å². The molecule has 164 valence electrons. The Morgan fingerprint density at radius 3 is 1.82 bits per heavy atom. The highest BCUT2D eigenvalue weighted by atomic mass is 16.5. The van der Waals surface area contributed by atoms with Crippen LogP contribution in [0.1, 0.15) is 92.4 Å². The fourth-order valence-electron chi connectivity index (χ4n) is 2.53. The van der Waals surface area contributed by atoms with Crippen LogP contribution in [0.4, 0.5) is 0 Å². The van der Waals surface area contributed by atoms with E-state index in [1.807, 2.05) is 13.8 Å². The van der Waals surface area contributed by atoms with Crippen molar-refractivity contribution in [2.24, 2.45) is 5.41 Å². The molecule has 0 aromatic rings. The predicted octanol–water partition coefficient (Wildman–Crippen LogP) is 5.61. The van der Waals surface area contributed by atoms with Crippen LogP contribution in [0.25, 0.3) is 0 Å². The fourth-order valence-corrected chi connectivity index (χ4v) is 2.53. The smallest absolute Gasteiger partial charge is 0.330 e. The molecule has 0 aromatic heterocycles. The molecule has 0 aliphatic heterocycles. The minimum atomic E-state index is -0.461. The van der Waals surface area contributed by atoms with Crippen LogP contribution in [0.2, 0.25) is 0 Å². The summed E-state index contributed by atoms with van der Waals surface area (Å²) in [5, 5.41) is 0. The fraction of sp³-hybridized carbons (Fsp3) is 0.826. The Bertz CT molecular complexity index is 448. The third-order valence-electron chi connectivity index (χ3n) is 4.21. The first-order valence-corrected chi connectivity index (χ1v) is 10.6. The van der Waals surface area contributed by atoms with Gasteiger partial charge in [-0.15, -0.1) is 0 Å². The van der Waals surface area contributed by atoms with Gasteiger partial charge in [-0.05, 0) is 33.6 Å². The number of ether oxygens (including phenoxy) is 3. The average Bonchev–Trinajstić information content (AvgIpc) is 2.61. The molecular weight excluding hydrogens is 356 g/mol. The molecule has 0 unspecified atom stereocenters. The van der Waals surface area contributed by atoms with Crippen molar-refractivity contribution in [2.45, 2.75) is 98.0 Å². The molecule has 5 heteroatoms. The normalized spacial score (nSPS) is 11.9. The van der Waals surface area contributed by atoms with Gasteiger partial charge in [0.2, 0.25) is 0 Å². The van der Waals surface area contributed by atoms with Gasteiger partial charge >= 0.3 is 11.9 Å². The second kappa shape index (κ2) is 14.6. The van der Waals surface area contributed by atoms with Gasteiger partial charge in [0.1, 0.15) is 0 Å². The van der Waals surface area contributed by atoms with Gasteiger partial charge in [-0.3, -0.25) is 4.79 Å². The summed E-state index contributed by atoms with van der Waals surface area (Å²) >= 11 is 0. The Balaban J connectivity index is 3.52. The second-order valence-electron chi connectivity index (χ2n) is 9.18. The van der Waals surface area contributed by atoms with Crippen LogP contribution >= 0.6 is 0 Å². The predicted molar refractivity (Wildman–Crippen MR) is 113 cm³/mol. The van der Waals surface area contributed by atoms with Gasteiger partial charge in [0, 0.05) is 24.5 Å². The molecule has 0 saturated carbocycles. The molecule has 28 heavy (non-hydrogen) atoms. The van der Waals surface area contributed by atoms with E-state index in [4.69, 9.17) is 14.2 Å². The third-order valence-corrected chi connectivity index (χ3v) is 4.21. The number of hydrogen-bond acceptors (Lipinski definition) is 5. The maximum Gasteiger partial charge on any atom is 0.330 e.